The van der Waals surface area contributed by atoms with Gasteiger partial charge >= 0.3 is 0 Å². The number of nitrogens with one attached hydrogen (secondary N) is 1. The molecule has 0 aliphatic carbocycles. The number of hydrogen-bond donors (Lipinski definition) is 1. The maximum absolute atomic E-state index is 12.1. The summed E-state index contributed by atoms with van der Waals surface area (Å²) in [4.78, 5) is 17.2. The van der Waals surface area contributed by atoms with Gasteiger partial charge in [-0.25, -0.2) is 0 Å². The van der Waals surface area contributed by atoms with Crippen LogP contribution < -0.4 is 10.2 Å². The average Bonchev–Trinajstić information content (AvgIpc) is 3.00. The Morgan fingerprint density at radius 2 is 2.08 bits per heavy atom. The van der Waals surface area contributed by atoms with Crippen molar-refractivity contribution in [3.8, 4) is 0 Å². The van der Waals surface area contributed by atoms with Gasteiger partial charge in [-0.1, -0.05) is 12.1 Å². The highest BCUT2D eigenvalue weighted by Gasteiger charge is 2.48. The van der Waals surface area contributed by atoms with Gasteiger partial charge in [-0.3, -0.25) is 4.79 Å². The van der Waals surface area contributed by atoms with Gasteiger partial charge in [0.15, 0.2) is 0 Å². The number of likely N-dealkylation sites (tertiary alicyclic amines) is 1. The molecule has 1 amide bonds. The number of nitrogens with zero attached hydrogens (tertiary/aromatic N) is 2. The molecule has 3 fully saturated rings. The van der Waals surface area contributed by atoms with Crippen molar-refractivity contribution >= 4 is 11.6 Å². The van der Waals surface area contributed by atoms with Gasteiger partial charge in [0, 0.05) is 43.3 Å². The summed E-state index contributed by atoms with van der Waals surface area (Å²) < 4.78 is 0. The molecule has 1 atom stereocenters. The second-order valence-corrected chi connectivity index (χ2v) is 8.25. The van der Waals surface area contributed by atoms with Crippen molar-refractivity contribution in [2.24, 2.45) is 5.41 Å². The van der Waals surface area contributed by atoms with Gasteiger partial charge in [-0.15, -0.1) is 0 Å². The minimum Gasteiger partial charge on any atom is -0.370 e. The highest BCUT2D eigenvalue weighted by atomic mass is 16.1. The van der Waals surface area contributed by atoms with Crippen LogP contribution in [0.1, 0.15) is 44.6 Å². The molecule has 4 rings (SSSR count). The van der Waals surface area contributed by atoms with Crippen LogP contribution in [0.3, 0.4) is 0 Å². The monoisotopic (exact) mass is 327 g/mol. The van der Waals surface area contributed by atoms with Crippen LogP contribution >= 0.6 is 0 Å². The number of anilines is 1. The van der Waals surface area contributed by atoms with Crippen molar-refractivity contribution in [2.45, 2.75) is 45.1 Å². The first-order valence-corrected chi connectivity index (χ1v) is 9.43. The summed E-state index contributed by atoms with van der Waals surface area (Å²) in [6.45, 7) is 10.2. The van der Waals surface area contributed by atoms with E-state index in [-0.39, 0.29) is 11.8 Å². The average molecular weight is 327 g/mol. The minimum atomic E-state index is 0.0387. The predicted octanol–water partition coefficient (Wildman–Crippen LogP) is 2.60. The van der Waals surface area contributed by atoms with Gasteiger partial charge in [0.1, 0.15) is 0 Å². The van der Waals surface area contributed by atoms with E-state index in [0.717, 1.165) is 32.5 Å². The molecule has 0 aromatic heterocycles. The predicted molar refractivity (Wildman–Crippen MR) is 97.4 cm³/mol. The van der Waals surface area contributed by atoms with Crippen LogP contribution in [-0.4, -0.2) is 49.6 Å². The molecule has 130 valence electrons. The Hall–Kier alpha value is -1.55. The Labute approximate surface area is 145 Å². The first kappa shape index (κ1) is 15.9. The maximum Gasteiger partial charge on any atom is 0.227 e. The molecule has 3 saturated heterocycles. The molecular weight excluding hydrogens is 298 g/mol. The van der Waals surface area contributed by atoms with E-state index in [0.29, 0.717) is 11.5 Å². The fourth-order valence-electron chi connectivity index (χ4n) is 4.64. The fraction of sp³-hybridized carbons (Fsp3) is 0.650. The van der Waals surface area contributed by atoms with Crippen molar-refractivity contribution in [2.75, 3.05) is 37.6 Å². The van der Waals surface area contributed by atoms with Crippen LogP contribution in [-0.2, 0) is 4.79 Å². The second kappa shape index (κ2) is 6.07. The van der Waals surface area contributed by atoms with Gasteiger partial charge in [-0.05, 0) is 57.4 Å². The second-order valence-electron chi connectivity index (χ2n) is 8.25. The number of benzene rings is 1. The van der Waals surface area contributed by atoms with Crippen LogP contribution in [0.5, 0.6) is 0 Å². The largest absolute Gasteiger partial charge is 0.370 e. The molecule has 1 N–H and O–H groups in total. The Bertz CT molecular complexity index is 621. The molecule has 0 saturated carbocycles. The zero-order chi connectivity index (χ0) is 16.7. The van der Waals surface area contributed by atoms with E-state index >= 15 is 0 Å². The van der Waals surface area contributed by atoms with E-state index in [1.54, 1.807) is 0 Å². The van der Waals surface area contributed by atoms with Crippen LogP contribution in [0.4, 0.5) is 5.69 Å². The quantitative estimate of drug-likeness (QED) is 0.927. The number of hydrogen-bond acceptors (Lipinski definition) is 3. The third-order valence-corrected chi connectivity index (χ3v) is 6.17. The van der Waals surface area contributed by atoms with Crippen LogP contribution in [0.15, 0.2) is 24.3 Å². The fourth-order valence-corrected chi connectivity index (χ4v) is 4.64. The number of rotatable bonds is 3. The molecule has 1 unspecified atom stereocenters. The van der Waals surface area contributed by atoms with E-state index in [4.69, 9.17) is 0 Å². The maximum atomic E-state index is 12.1. The van der Waals surface area contributed by atoms with Crippen molar-refractivity contribution in [1.82, 2.24) is 10.2 Å². The molecule has 4 heteroatoms. The van der Waals surface area contributed by atoms with Gasteiger partial charge in [0.25, 0.3) is 0 Å². The first-order chi connectivity index (χ1) is 11.6. The number of amides is 1. The number of carbonyl (C=O) groups excluding carboxylic acids is 1. The lowest BCUT2D eigenvalue weighted by Crippen LogP contribution is -2.58. The normalized spacial score (nSPS) is 26.7. The summed E-state index contributed by atoms with van der Waals surface area (Å²) >= 11 is 0. The lowest BCUT2D eigenvalue weighted by Gasteiger charge is -2.50. The van der Waals surface area contributed by atoms with Crippen molar-refractivity contribution in [3.63, 3.8) is 0 Å². The van der Waals surface area contributed by atoms with Crippen molar-refractivity contribution < 1.29 is 4.79 Å². The van der Waals surface area contributed by atoms with Gasteiger partial charge in [0.2, 0.25) is 5.91 Å². The molecule has 0 bridgehead atoms. The van der Waals surface area contributed by atoms with Crippen LogP contribution in [0.25, 0.3) is 0 Å². The molecular formula is C20H29N3O. The third kappa shape index (κ3) is 2.81. The highest BCUT2D eigenvalue weighted by molar-refractivity contribution is 5.84. The molecule has 0 radical (unpaired) electrons. The third-order valence-electron chi connectivity index (χ3n) is 6.17. The van der Waals surface area contributed by atoms with E-state index in [1.165, 1.54) is 30.8 Å². The van der Waals surface area contributed by atoms with E-state index < -0.39 is 0 Å². The van der Waals surface area contributed by atoms with Crippen molar-refractivity contribution in [1.29, 1.82) is 0 Å². The van der Waals surface area contributed by atoms with Gasteiger partial charge in [-0.2, -0.15) is 0 Å². The SMILES string of the molecule is CC(C)N1CCC2(CN(c3cccc(C4CCCNC4=O)c3)C2)C1. The molecule has 4 nitrogen and oxygen atoms in total. The lowest BCUT2D eigenvalue weighted by atomic mass is 9.78. The van der Waals surface area contributed by atoms with E-state index in [1.807, 2.05) is 0 Å². The highest BCUT2D eigenvalue weighted by Crippen LogP contribution is 2.42. The summed E-state index contributed by atoms with van der Waals surface area (Å²) in [6.07, 6.45) is 3.38. The van der Waals surface area contributed by atoms with E-state index in [9.17, 15) is 4.79 Å². The molecule has 1 spiro atoms. The zero-order valence-electron chi connectivity index (χ0n) is 14.9. The smallest absolute Gasteiger partial charge is 0.227 e. The Morgan fingerprint density at radius 3 is 2.79 bits per heavy atom. The Balaban J connectivity index is 1.43. The lowest BCUT2D eigenvalue weighted by molar-refractivity contribution is -0.123. The topological polar surface area (TPSA) is 35.6 Å². The molecule has 24 heavy (non-hydrogen) atoms. The Kier molecular flexibility index (Phi) is 4.03. The first-order valence-electron chi connectivity index (χ1n) is 9.43. The van der Waals surface area contributed by atoms with E-state index in [2.05, 4.69) is 53.2 Å². The summed E-state index contributed by atoms with van der Waals surface area (Å²) in [5.74, 6) is 0.235. The summed E-state index contributed by atoms with van der Waals surface area (Å²) in [5, 5.41) is 3.00. The summed E-state index contributed by atoms with van der Waals surface area (Å²) in [7, 11) is 0. The molecule has 3 aliphatic heterocycles. The molecule has 1 aromatic carbocycles. The van der Waals surface area contributed by atoms with Gasteiger partial charge < -0.3 is 15.1 Å². The molecule has 3 aliphatic rings. The summed E-state index contributed by atoms with van der Waals surface area (Å²) in [5.41, 5.74) is 2.98. The van der Waals surface area contributed by atoms with Gasteiger partial charge in [0.05, 0.1) is 5.92 Å². The molecule has 3 heterocycles. The minimum absolute atomic E-state index is 0.0387. The number of piperidine rings is 1. The summed E-state index contributed by atoms with van der Waals surface area (Å²) in [6, 6.07) is 9.34. The van der Waals surface area contributed by atoms with Crippen LogP contribution in [0.2, 0.25) is 0 Å². The standard InChI is InChI=1S/C20H29N3O/c1-15(2)22-10-8-20(12-22)13-23(14-20)17-6-3-5-16(11-17)18-7-4-9-21-19(18)24/h3,5-6,11,15,18H,4,7-10,12-14H2,1-2H3,(H,21,24). The zero-order valence-corrected chi connectivity index (χ0v) is 14.9. The Morgan fingerprint density at radius 1 is 1.25 bits per heavy atom. The molecule has 1 aromatic rings. The van der Waals surface area contributed by atoms with Crippen molar-refractivity contribution in [3.05, 3.63) is 29.8 Å². The van der Waals surface area contributed by atoms with Crippen LogP contribution in [0, 0.1) is 5.41 Å². The number of carbonyl (C=O) groups is 1.